The number of hydrogen-bond donors (Lipinski definition) is 1. The van der Waals surface area contributed by atoms with Crippen LogP contribution in [0.25, 0.3) is 0 Å². The second-order valence-electron chi connectivity index (χ2n) is 4.94. The number of benzene rings is 1. The number of nitrogens with one attached hydrogen (secondary N) is 1. The van der Waals surface area contributed by atoms with Crippen molar-refractivity contribution in [2.45, 2.75) is 26.1 Å². The molecule has 2 rings (SSSR count). The number of ether oxygens (including phenoxy) is 2. The Hall–Kier alpha value is -1.40. The van der Waals surface area contributed by atoms with Crippen LogP contribution in [0.1, 0.15) is 12.5 Å². The first-order chi connectivity index (χ1) is 9.58. The minimum Gasteiger partial charge on any atom is -0.497 e. The number of halogens is 2. The Balaban J connectivity index is 2.12. The highest BCUT2D eigenvalue weighted by Crippen LogP contribution is 2.27. The summed E-state index contributed by atoms with van der Waals surface area (Å²) in [5.74, 6) is 0.698. The summed E-state index contributed by atoms with van der Waals surface area (Å²) in [6.45, 7) is 2.56. The third-order valence-corrected chi connectivity index (χ3v) is 3.34. The average molecular weight is 286 g/mol. The maximum Gasteiger partial charge on any atom is 0.387 e. The van der Waals surface area contributed by atoms with Gasteiger partial charge in [0.2, 0.25) is 0 Å². The van der Waals surface area contributed by atoms with E-state index in [9.17, 15) is 8.78 Å². The first kappa shape index (κ1) is 15.0. The molecule has 112 valence electrons. The van der Waals surface area contributed by atoms with E-state index in [2.05, 4.69) is 21.9 Å². The van der Waals surface area contributed by atoms with E-state index in [-0.39, 0.29) is 5.75 Å². The van der Waals surface area contributed by atoms with E-state index in [1.807, 2.05) is 0 Å². The molecule has 0 unspecified atom stereocenters. The molecule has 1 aliphatic heterocycles. The highest BCUT2D eigenvalue weighted by Gasteiger charge is 2.18. The van der Waals surface area contributed by atoms with Gasteiger partial charge >= 0.3 is 6.61 Å². The lowest BCUT2D eigenvalue weighted by atomic mass is 10.1. The molecule has 1 heterocycles. The second-order valence-corrected chi connectivity index (χ2v) is 4.94. The van der Waals surface area contributed by atoms with Crippen LogP contribution < -0.4 is 14.8 Å². The molecule has 1 aromatic carbocycles. The SMILES string of the molecule is COc1ccc(CN2CCN[C@@H](C)C2)c(OC(F)F)c1. The number of nitrogens with zero attached hydrogens (tertiary/aromatic N) is 1. The third-order valence-electron chi connectivity index (χ3n) is 3.34. The van der Waals surface area contributed by atoms with Gasteiger partial charge in [-0.25, -0.2) is 0 Å². The van der Waals surface area contributed by atoms with Crippen molar-refractivity contribution >= 4 is 0 Å². The molecular formula is C14H20F2N2O2. The molecule has 0 amide bonds. The van der Waals surface area contributed by atoms with E-state index in [1.165, 1.54) is 13.2 Å². The highest BCUT2D eigenvalue weighted by atomic mass is 19.3. The predicted molar refractivity (Wildman–Crippen MR) is 72.4 cm³/mol. The number of methoxy groups -OCH3 is 1. The normalized spacial score (nSPS) is 20.1. The Morgan fingerprint density at radius 1 is 1.45 bits per heavy atom. The van der Waals surface area contributed by atoms with Crippen molar-refractivity contribution < 1.29 is 18.3 Å². The Kier molecular flexibility index (Phi) is 5.14. The van der Waals surface area contributed by atoms with Crippen LogP contribution in [0.15, 0.2) is 18.2 Å². The Bertz CT molecular complexity index is 443. The van der Waals surface area contributed by atoms with Gasteiger partial charge in [0.15, 0.2) is 0 Å². The van der Waals surface area contributed by atoms with Crippen molar-refractivity contribution in [1.82, 2.24) is 10.2 Å². The van der Waals surface area contributed by atoms with Crippen molar-refractivity contribution in [1.29, 1.82) is 0 Å². The van der Waals surface area contributed by atoms with Gasteiger partial charge in [-0.05, 0) is 13.0 Å². The summed E-state index contributed by atoms with van der Waals surface area (Å²) in [7, 11) is 1.50. The number of alkyl halides is 2. The maximum atomic E-state index is 12.5. The standard InChI is InChI=1S/C14H20F2N2O2/c1-10-8-18(6-5-17-10)9-11-3-4-12(19-2)7-13(11)20-14(15)16/h3-4,7,10,14,17H,5-6,8-9H2,1-2H3/t10-/m0/s1. The molecule has 1 saturated heterocycles. The molecule has 1 aliphatic rings. The van der Waals surface area contributed by atoms with Crippen molar-refractivity contribution in [3.63, 3.8) is 0 Å². The van der Waals surface area contributed by atoms with Crippen LogP contribution in [0.2, 0.25) is 0 Å². The zero-order valence-electron chi connectivity index (χ0n) is 11.7. The highest BCUT2D eigenvalue weighted by molar-refractivity contribution is 5.40. The Labute approximate surface area is 117 Å². The number of piperazine rings is 1. The Morgan fingerprint density at radius 2 is 2.25 bits per heavy atom. The van der Waals surface area contributed by atoms with Crippen molar-refractivity contribution in [3.05, 3.63) is 23.8 Å². The quantitative estimate of drug-likeness (QED) is 0.898. The summed E-state index contributed by atoms with van der Waals surface area (Å²) in [5, 5.41) is 3.35. The Morgan fingerprint density at radius 3 is 2.90 bits per heavy atom. The summed E-state index contributed by atoms with van der Waals surface area (Å²) in [5.41, 5.74) is 0.750. The van der Waals surface area contributed by atoms with Crippen LogP contribution in [-0.4, -0.2) is 44.3 Å². The molecule has 0 radical (unpaired) electrons. The van der Waals surface area contributed by atoms with E-state index in [0.29, 0.717) is 18.3 Å². The van der Waals surface area contributed by atoms with Gasteiger partial charge in [0.05, 0.1) is 7.11 Å². The number of hydrogen-bond acceptors (Lipinski definition) is 4. The van der Waals surface area contributed by atoms with Gasteiger partial charge in [-0.2, -0.15) is 8.78 Å². The lowest BCUT2D eigenvalue weighted by Gasteiger charge is -2.32. The first-order valence-electron chi connectivity index (χ1n) is 6.66. The van der Waals surface area contributed by atoms with Gasteiger partial charge in [-0.1, -0.05) is 6.07 Å². The summed E-state index contributed by atoms with van der Waals surface area (Å²) in [4.78, 5) is 2.22. The zero-order valence-corrected chi connectivity index (χ0v) is 11.7. The van der Waals surface area contributed by atoms with Gasteiger partial charge in [-0.15, -0.1) is 0 Å². The van der Waals surface area contributed by atoms with E-state index in [1.54, 1.807) is 12.1 Å². The molecule has 1 atom stereocenters. The van der Waals surface area contributed by atoms with Crippen LogP contribution in [0.5, 0.6) is 11.5 Å². The smallest absolute Gasteiger partial charge is 0.387 e. The van der Waals surface area contributed by atoms with E-state index >= 15 is 0 Å². The molecule has 0 aromatic heterocycles. The molecule has 0 aliphatic carbocycles. The van der Waals surface area contributed by atoms with Gasteiger partial charge in [0, 0.05) is 43.9 Å². The third kappa shape index (κ3) is 4.05. The summed E-state index contributed by atoms with van der Waals surface area (Å²) >= 11 is 0. The summed E-state index contributed by atoms with van der Waals surface area (Å²) in [6.07, 6.45) is 0. The molecule has 0 bridgehead atoms. The van der Waals surface area contributed by atoms with Gasteiger partial charge < -0.3 is 14.8 Å². The average Bonchev–Trinajstić information content (AvgIpc) is 2.40. The lowest BCUT2D eigenvalue weighted by molar-refractivity contribution is -0.0509. The maximum absolute atomic E-state index is 12.5. The summed E-state index contributed by atoms with van der Waals surface area (Å²) in [6, 6.07) is 5.46. The monoisotopic (exact) mass is 286 g/mol. The van der Waals surface area contributed by atoms with E-state index in [0.717, 1.165) is 25.2 Å². The fourth-order valence-electron chi connectivity index (χ4n) is 2.39. The molecular weight excluding hydrogens is 266 g/mol. The van der Waals surface area contributed by atoms with Gasteiger partial charge in [0.1, 0.15) is 11.5 Å². The predicted octanol–water partition coefficient (Wildman–Crippen LogP) is 2.09. The topological polar surface area (TPSA) is 33.7 Å². The van der Waals surface area contributed by atoms with Crippen LogP contribution >= 0.6 is 0 Å². The molecule has 0 spiro atoms. The molecule has 1 aromatic rings. The van der Waals surface area contributed by atoms with Crippen LogP contribution in [0.3, 0.4) is 0 Å². The van der Waals surface area contributed by atoms with Crippen LogP contribution in [-0.2, 0) is 6.54 Å². The fourth-order valence-corrected chi connectivity index (χ4v) is 2.39. The first-order valence-corrected chi connectivity index (χ1v) is 6.66. The minimum atomic E-state index is -2.83. The minimum absolute atomic E-state index is 0.186. The number of rotatable bonds is 5. The van der Waals surface area contributed by atoms with Crippen molar-refractivity contribution in [3.8, 4) is 11.5 Å². The zero-order chi connectivity index (χ0) is 14.5. The molecule has 20 heavy (non-hydrogen) atoms. The molecule has 6 heteroatoms. The summed E-state index contributed by atoms with van der Waals surface area (Å²) < 4.78 is 34.6. The molecule has 1 N–H and O–H groups in total. The largest absolute Gasteiger partial charge is 0.497 e. The molecule has 4 nitrogen and oxygen atoms in total. The second kappa shape index (κ2) is 6.85. The lowest BCUT2D eigenvalue weighted by Crippen LogP contribution is -2.48. The van der Waals surface area contributed by atoms with Gasteiger partial charge in [-0.3, -0.25) is 4.90 Å². The van der Waals surface area contributed by atoms with E-state index in [4.69, 9.17) is 4.74 Å². The van der Waals surface area contributed by atoms with Crippen LogP contribution in [0, 0.1) is 0 Å². The van der Waals surface area contributed by atoms with Crippen LogP contribution in [0.4, 0.5) is 8.78 Å². The van der Waals surface area contributed by atoms with E-state index < -0.39 is 6.61 Å². The van der Waals surface area contributed by atoms with Crippen molar-refractivity contribution in [2.24, 2.45) is 0 Å². The molecule has 1 fully saturated rings. The van der Waals surface area contributed by atoms with Crippen molar-refractivity contribution in [2.75, 3.05) is 26.7 Å². The van der Waals surface area contributed by atoms with Gasteiger partial charge in [0.25, 0.3) is 0 Å². The fraction of sp³-hybridized carbons (Fsp3) is 0.571. The molecule has 0 saturated carbocycles.